The number of hydrogen-bond donors (Lipinski definition) is 2. The van der Waals surface area contributed by atoms with Gasteiger partial charge in [0.15, 0.2) is 5.82 Å². The summed E-state index contributed by atoms with van der Waals surface area (Å²) >= 11 is 6.16. The van der Waals surface area contributed by atoms with Crippen molar-refractivity contribution in [2.45, 2.75) is 26.1 Å². The lowest BCUT2D eigenvalue weighted by Crippen LogP contribution is -2.41. The molecule has 1 amide bonds. The molecule has 0 spiro atoms. The highest BCUT2D eigenvalue weighted by Crippen LogP contribution is 2.27. The highest BCUT2D eigenvalue weighted by atomic mass is 35.5. The zero-order valence-corrected chi connectivity index (χ0v) is 15.8. The number of aromatic nitrogens is 2. The quantitative estimate of drug-likeness (QED) is 0.800. The number of benzene rings is 1. The number of nitrogens with zero attached hydrogens (tertiary/aromatic N) is 3. The molecule has 1 aliphatic rings. The first-order valence-electron chi connectivity index (χ1n) is 8.58. The third-order valence-electron chi connectivity index (χ3n) is 3.95. The van der Waals surface area contributed by atoms with Crippen molar-refractivity contribution in [3.05, 3.63) is 41.0 Å². The van der Waals surface area contributed by atoms with Crippen molar-refractivity contribution in [2.75, 3.05) is 25.0 Å². The largest absolute Gasteiger partial charge is 0.465 e. The van der Waals surface area contributed by atoms with Gasteiger partial charge in [0.05, 0.1) is 25.5 Å². The average Bonchev–Trinajstić information content (AvgIpc) is 2.65. The van der Waals surface area contributed by atoms with E-state index in [0.717, 1.165) is 11.3 Å². The third kappa shape index (κ3) is 4.99. The lowest BCUT2D eigenvalue weighted by Gasteiger charge is -2.31. The van der Waals surface area contributed by atoms with Gasteiger partial charge in [-0.25, -0.2) is 9.78 Å². The Balaban J connectivity index is 1.70. The van der Waals surface area contributed by atoms with Crippen LogP contribution in [0.3, 0.4) is 0 Å². The zero-order valence-electron chi connectivity index (χ0n) is 15.1. The second-order valence-electron chi connectivity index (χ2n) is 6.35. The van der Waals surface area contributed by atoms with Crippen LogP contribution in [0.15, 0.2) is 30.5 Å². The highest BCUT2D eigenvalue weighted by molar-refractivity contribution is 6.32. The Morgan fingerprint density at radius 1 is 1.41 bits per heavy atom. The summed E-state index contributed by atoms with van der Waals surface area (Å²) in [6.07, 6.45) is 0.232. The fourth-order valence-electron chi connectivity index (χ4n) is 2.65. The molecule has 1 saturated heterocycles. The minimum atomic E-state index is -0.931. The predicted octanol–water partition coefficient (Wildman–Crippen LogP) is 3.71. The minimum absolute atomic E-state index is 0.0424. The van der Waals surface area contributed by atoms with Crippen LogP contribution in [-0.4, -0.2) is 51.9 Å². The minimum Gasteiger partial charge on any atom is -0.465 e. The third-order valence-corrected chi connectivity index (χ3v) is 4.22. The van der Waals surface area contributed by atoms with Crippen LogP contribution in [0.2, 0.25) is 5.02 Å². The number of morpholine rings is 1. The molecule has 9 heteroatoms. The van der Waals surface area contributed by atoms with Crippen molar-refractivity contribution >= 4 is 29.2 Å². The fraction of sp³-hybridized carbons (Fsp3) is 0.389. The number of halogens is 1. The van der Waals surface area contributed by atoms with Crippen molar-refractivity contribution in [1.82, 2.24) is 14.9 Å². The van der Waals surface area contributed by atoms with Gasteiger partial charge in [0.1, 0.15) is 11.1 Å². The number of ether oxygens (including phenoxy) is 2. The van der Waals surface area contributed by atoms with E-state index in [0.29, 0.717) is 30.5 Å². The fourth-order valence-corrected chi connectivity index (χ4v) is 2.79. The number of carboxylic acid groups (broad SMARTS) is 1. The normalized spacial score (nSPS) is 17.0. The van der Waals surface area contributed by atoms with Gasteiger partial charge in [-0.15, -0.1) is 0 Å². The first-order chi connectivity index (χ1) is 12.9. The molecule has 1 aromatic carbocycles. The summed E-state index contributed by atoms with van der Waals surface area (Å²) in [5, 5.41) is 12.7. The highest BCUT2D eigenvalue weighted by Gasteiger charge is 2.24. The molecule has 2 heterocycles. The summed E-state index contributed by atoms with van der Waals surface area (Å²) in [7, 11) is 0. The Kier molecular flexibility index (Phi) is 5.98. The van der Waals surface area contributed by atoms with Crippen LogP contribution in [0.1, 0.15) is 25.5 Å². The van der Waals surface area contributed by atoms with Crippen molar-refractivity contribution in [2.24, 2.45) is 0 Å². The first-order valence-corrected chi connectivity index (χ1v) is 8.96. The van der Waals surface area contributed by atoms with E-state index < -0.39 is 6.09 Å². The summed E-state index contributed by atoms with van der Waals surface area (Å²) in [6.45, 7) is 4.87. The van der Waals surface area contributed by atoms with Crippen molar-refractivity contribution in [3.8, 4) is 6.01 Å². The van der Waals surface area contributed by atoms with Gasteiger partial charge in [0.25, 0.3) is 0 Å². The Morgan fingerprint density at radius 2 is 2.15 bits per heavy atom. The van der Waals surface area contributed by atoms with E-state index in [4.69, 9.17) is 26.2 Å². The number of amides is 1. The van der Waals surface area contributed by atoms with Gasteiger partial charge in [-0.05, 0) is 31.5 Å². The van der Waals surface area contributed by atoms with Gasteiger partial charge < -0.3 is 24.8 Å². The second kappa shape index (κ2) is 8.41. The smallest absolute Gasteiger partial charge is 0.407 e. The molecule has 144 valence electrons. The average molecular weight is 393 g/mol. The zero-order chi connectivity index (χ0) is 19.4. The van der Waals surface area contributed by atoms with Crippen LogP contribution >= 0.6 is 11.6 Å². The van der Waals surface area contributed by atoms with Crippen LogP contribution in [0.25, 0.3) is 0 Å². The second-order valence-corrected chi connectivity index (χ2v) is 6.76. The summed E-state index contributed by atoms with van der Waals surface area (Å²) < 4.78 is 11.2. The summed E-state index contributed by atoms with van der Waals surface area (Å²) in [6, 6.07) is 7.75. The summed E-state index contributed by atoms with van der Waals surface area (Å²) in [4.78, 5) is 20.8. The van der Waals surface area contributed by atoms with Gasteiger partial charge in [-0.2, -0.15) is 4.98 Å². The molecule has 0 aliphatic carbocycles. The number of rotatable bonds is 5. The van der Waals surface area contributed by atoms with E-state index in [9.17, 15) is 4.79 Å². The monoisotopic (exact) mass is 392 g/mol. The van der Waals surface area contributed by atoms with Crippen LogP contribution in [0.5, 0.6) is 6.01 Å². The molecule has 27 heavy (non-hydrogen) atoms. The molecule has 8 nitrogen and oxygen atoms in total. The molecular formula is C18H21ClN4O4. The summed E-state index contributed by atoms with van der Waals surface area (Å²) in [5.41, 5.74) is 1.69. The molecule has 1 atom stereocenters. The lowest BCUT2D eigenvalue weighted by atomic mass is 10.1. The number of nitrogens with one attached hydrogen (secondary N) is 1. The van der Waals surface area contributed by atoms with Gasteiger partial charge in [-0.1, -0.05) is 23.7 Å². The van der Waals surface area contributed by atoms with Gasteiger partial charge in [0, 0.05) is 12.2 Å². The van der Waals surface area contributed by atoms with Crippen molar-refractivity contribution in [1.29, 1.82) is 0 Å². The lowest BCUT2D eigenvalue weighted by molar-refractivity contribution is -0.0231. The van der Waals surface area contributed by atoms with E-state index in [2.05, 4.69) is 15.3 Å². The Bertz CT molecular complexity index is 800. The van der Waals surface area contributed by atoms with E-state index in [1.807, 2.05) is 38.1 Å². The maximum atomic E-state index is 11.1. The van der Waals surface area contributed by atoms with Crippen molar-refractivity contribution < 1.29 is 19.4 Å². The Hall–Kier alpha value is -2.58. The van der Waals surface area contributed by atoms with E-state index in [-0.39, 0.29) is 18.2 Å². The molecule has 1 aliphatic heterocycles. The first kappa shape index (κ1) is 19.2. The summed E-state index contributed by atoms with van der Waals surface area (Å²) in [5.74, 6) is 0.445. The van der Waals surface area contributed by atoms with E-state index in [1.54, 1.807) is 0 Å². The maximum absolute atomic E-state index is 11.1. The molecule has 2 N–H and O–H groups in total. The molecule has 0 saturated carbocycles. The van der Waals surface area contributed by atoms with Gasteiger partial charge in [-0.3, -0.25) is 0 Å². The molecule has 1 fully saturated rings. The van der Waals surface area contributed by atoms with Crippen LogP contribution in [0.4, 0.5) is 16.3 Å². The molecule has 1 unspecified atom stereocenters. The van der Waals surface area contributed by atoms with Crippen LogP contribution in [-0.2, 0) is 4.74 Å². The van der Waals surface area contributed by atoms with Crippen LogP contribution in [0, 0.1) is 0 Å². The van der Waals surface area contributed by atoms with E-state index >= 15 is 0 Å². The Labute approximate surface area is 162 Å². The molecule has 1 aromatic heterocycles. The van der Waals surface area contributed by atoms with E-state index in [1.165, 1.54) is 11.1 Å². The Morgan fingerprint density at radius 3 is 2.81 bits per heavy atom. The topological polar surface area (TPSA) is 96.8 Å². The number of anilines is 2. The predicted molar refractivity (Wildman–Crippen MR) is 101 cm³/mol. The molecule has 0 radical (unpaired) electrons. The van der Waals surface area contributed by atoms with Crippen molar-refractivity contribution in [3.63, 3.8) is 0 Å². The molecule has 0 bridgehead atoms. The standard InChI is InChI=1S/C18H21ClN4O4/c1-11(2)27-17-20-9-14(19)16(22-17)21-13-5-3-12(4-6-13)15-10-23(18(24)25)7-8-26-15/h3-6,9,11,15H,7-8,10H2,1-2H3,(H,24,25)(H,20,21,22). The molecule has 2 aromatic rings. The number of carbonyl (C=O) groups is 1. The molecule has 3 rings (SSSR count). The van der Waals surface area contributed by atoms with Gasteiger partial charge in [0.2, 0.25) is 0 Å². The maximum Gasteiger partial charge on any atom is 0.407 e. The van der Waals surface area contributed by atoms with Crippen LogP contribution < -0.4 is 10.1 Å². The SMILES string of the molecule is CC(C)Oc1ncc(Cl)c(Nc2ccc(C3CN(C(=O)O)CCO3)cc2)n1. The molecular weight excluding hydrogens is 372 g/mol. The number of hydrogen-bond acceptors (Lipinski definition) is 6. The van der Waals surface area contributed by atoms with Gasteiger partial charge >= 0.3 is 12.1 Å².